The van der Waals surface area contributed by atoms with Gasteiger partial charge in [-0.1, -0.05) is 0 Å². The van der Waals surface area contributed by atoms with Crippen molar-refractivity contribution in [2.45, 2.75) is 29.9 Å². The second-order valence-electron chi connectivity index (χ2n) is 3.84. The van der Waals surface area contributed by atoms with Crippen LogP contribution < -0.4 is 5.69 Å². The van der Waals surface area contributed by atoms with E-state index >= 15 is 0 Å². The lowest BCUT2D eigenvalue weighted by atomic mass is 10.4. The molecule has 0 amide bonds. The van der Waals surface area contributed by atoms with Gasteiger partial charge >= 0.3 is 5.69 Å². The zero-order chi connectivity index (χ0) is 13.1. The first-order valence-electron chi connectivity index (χ1n) is 5.33. The molecule has 0 spiro atoms. The fourth-order valence-corrected chi connectivity index (χ4v) is 2.49. The van der Waals surface area contributed by atoms with Gasteiger partial charge in [-0.05, 0) is 37.7 Å². The van der Waals surface area contributed by atoms with Crippen molar-refractivity contribution in [2.75, 3.05) is 0 Å². The van der Waals surface area contributed by atoms with Crippen LogP contribution in [0.25, 0.3) is 0 Å². The summed E-state index contributed by atoms with van der Waals surface area (Å²) in [4.78, 5) is 16.2. The monoisotopic (exact) mass is 261 g/mol. The van der Waals surface area contributed by atoms with Crippen LogP contribution in [0.1, 0.15) is 25.6 Å². The summed E-state index contributed by atoms with van der Waals surface area (Å²) in [5.41, 5.74) is 0.0724. The highest BCUT2D eigenvalue weighted by molar-refractivity contribution is 7.99. The number of aromatic nitrogens is 4. The number of rotatable bonds is 3. The van der Waals surface area contributed by atoms with Crippen LogP contribution in [0.15, 0.2) is 33.2 Å². The van der Waals surface area contributed by atoms with E-state index in [9.17, 15) is 4.79 Å². The first-order valence-corrected chi connectivity index (χ1v) is 6.15. The maximum atomic E-state index is 11.6. The van der Waals surface area contributed by atoms with Crippen LogP contribution >= 0.6 is 11.8 Å². The highest BCUT2D eigenvalue weighted by Crippen LogP contribution is 2.27. The van der Waals surface area contributed by atoms with E-state index < -0.39 is 0 Å². The van der Waals surface area contributed by atoms with Crippen molar-refractivity contribution in [1.29, 1.82) is 5.26 Å². The smallest absolute Gasteiger partial charge is 0.267 e. The van der Waals surface area contributed by atoms with Crippen LogP contribution in [-0.2, 0) is 0 Å². The van der Waals surface area contributed by atoms with Crippen LogP contribution in [0.4, 0.5) is 0 Å². The van der Waals surface area contributed by atoms with Crippen molar-refractivity contribution in [3.63, 3.8) is 0 Å². The van der Waals surface area contributed by atoms with E-state index in [1.54, 1.807) is 22.9 Å². The zero-order valence-electron chi connectivity index (χ0n) is 9.91. The van der Waals surface area contributed by atoms with Crippen LogP contribution in [-0.4, -0.2) is 19.7 Å². The highest BCUT2D eigenvalue weighted by atomic mass is 32.2. The van der Waals surface area contributed by atoms with E-state index in [1.165, 1.54) is 11.8 Å². The lowest BCUT2D eigenvalue weighted by molar-refractivity contribution is 0.534. The Bertz CT molecular complexity index is 652. The Labute approximate surface area is 108 Å². The van der Waals surface area contributed by atoms with Gasteiger partial charge in [-0.15, -0.1) is 5.10 Å². The third kappa shape index (κ3) is 2.28. The molecule has 0 atom stereocenters. The van der Waals surface area contributed by atoms with Crippen LogP contribution in [0.3, 0.4) is 0 Å². The maximum Gasteiger partial charge on any atom is 0.344 e. The zero-order valence-corrected chi connectivity index (χ0v) is 10.7. The molecule has 18 heavy (non-hydrogen) atoms. The molecule has 92 valence electrons. The standard InChI is InChI=1S/C11H11N5OS/c1-7(2)16-10(17)14-15-11(16)18-9-4-3-5-13-8(9)6-12/h3-5,7H,1-2H3,(H,14,17). The first-order chi connectivity index (χ1) is 8.63. The number of hydrogen-bond donors (Lipinski definition) is 1. The average Bonchev–Trinajstić information content (AvgIpc) is 2.71. The molecule has 0 aromatic carbocycles. The van der Waals surface area contributed by atoms with Gasteiger partial charge in [0.15, 0.2) is 10.9 Å². The van der Waals surface area contributed by atoms with E-state index in [2.05, 4.69) is 15.2 Å². The van der Waals surface area contributed by atoms with E-state index in [-0.39, 0.29) is 11.7 Å². The predicted molar refractivity (Wildman–Crippen MR) is 66.3 cm³/mol. The van der Waals surface area contributed by atoms with Gasteiger partial charge in [0.25, 0.3) is 0 Å². The van der Waals surface area contributed by atoms with Crippen molar-refractivity contribution in [3.05, 3.63) is 34.5 Å². The second kappa shape index (κ2) is 5.06. The molecule has 2 aromatic heterocycles. The normalized spacial score (nSPS) is 10.6. The summed E-state index contributed by atoms with van der Waals surface area (Å²) in [6, 6.07) is 5.54. The van der Waals surface area contributed by atoms with Gasteiger partial charge < -0.3 is 0 Å². The molecule has 0 radical (unpaired) electrons. The molecule has 0 unspecified atom stereocenters. The van der Waals surface area contributed by atoms with Crippen LogP contribution in [0.5, 0.6) is 0 Å². The molecule has 0 aliphatic carbocycles. The third-order valence-electron chi connectivity index (χ3n) is 2.27. The molecule has 2 heterocycles. The molecule has 2 aromatic rings. The molecule has 2 rings (SSSR count). The molecule has 0 bridgehead atoms. The summed E-state index contributed by atoms with van der Waals surface area (Å²) in [6.45, 7) is 3.80. The van der Waals surface area contributed by atoms with Crippen molar-refractivity contribution in [3.8, 4) is 6.07 Å². The highest BCUT2D eigenvalue weighted by Gasteiger charge is 2.14. The molecule has 0 aliphatic heterocycles. The lowest BCUT2D eigenvalue weighted by Gasteiger charge is -2.08. The Morgan fingerprint density at radius 3 is 3.00 bits per heavy atom. The topological polar surface area (TPSA) is 87.4 Å². The molecule has 0 saturated carbocycles. The molecule has 0 saturated heterocycles. The van der Waals surface area contributed by atoms with Crippen LogP contribution in [0.2, 0.25) is 0 Å². The first kappa shape index (κ1) is 12.4. The number of aromatic amines is 1. The van der Waals surface area contributed by atoms with Gasteiger partial charge in [0.05, 0.1) is 4.90 Å². The summed E-state index contributed by atoms with van der Waals surface area (Å²) in [5, 5.41) is 15.9. The van der Waals surface area contributed by atoms with E-state index in [4.69, 9.17) is 5.26 Å². The van der Waals surface area contributed by atoms with Crippen molar-refractivity contribution < 1.29 is 0 Å². The number of pyridine rings is 1. The van der Waals surface area contributed by atoms with E-state index in [0.29, 0.717) is 15.7 Å². The van der Waals surface area contributed by atoms with Gasteiger partial charge in [-0.2, -0.15) is 5.26 Å². The van der Waals surface area contributed by atoms with Crippen molar-refractivity contribution >= 4 is 11.8 Å². The third-order valence-corrected chi connectivity index (χ3v) is 3.29. The minimum Gasteiger partial charge on any atom is -0.267 e. The summed E-state index contributed by atoms with van der Waals surface area (Å²) in [6.07, 6.45) is 1.56. The number of hydrogen-bond acceptors (Lipinski definition) is 5. The SMILES string of the molecule is CC(C)n1c(Sc2cccnc2C#N)n[nH]c1=O. The Morgan fingerprint density at radius 1 is 1.56 bits per heavy atom. The maximum absolute atomic E-state index is 11.6. The van der Waals surface area contributed by atoms with E-state index in [0.717, 1.165) is 0 Å². The van der Waals surface area contributed by atoms with Gasteiger partial charge in [-0.3, -0.25) is 4.57 Å². The largest absolute Gasteiger partial charge is 0.344 e. The summed E-state index contributed by atoms with van der Waals surface area (Å²) < 4.78 is 1.54. The average molecular weight is 261 g/mol. The fourth-order valence-electron chi connectivity index (χ4n) is 1.47. The molecule has 6 nitrogen and oxygen atoms in total. The summed E-state index contributed by atoms with van der Waals surface area (Å²) >= 11 is 1.25. The van der Waals surface area contributed by atoms with Gasteiger partial charge in [-0.25, -0.2) is 14.9 Å². The number of nitrogens with zero attached hydrogens (tertiary/aromatic N) is 4. The fraction of sp³-hybridized carbons (Fsp3) is 0.273. The number of nitrogens with one attached hydrogen (secondary N) is 1. The van der Waals surface area contributed by atoms with E-state index in [1.807, 2.05) is 19.9 Å². The Hall–Kier alpha value is -2.07. The van der Waals surface area contributed by atoms with Crippen molar-refractivity contribution in [2.24, 2.45) is 0 Å². The molecular formula is C11H11N5OS. The molecule has 0 aliphatic rings. The predicted octanol–water partition coefficient (Wildman–Crippen LogP) is 1.57. The van der Waals surface area contributed by atoms with Gasteiger partial charge in [0.2, 0.25) is 0 Å². The van der Waals surface area contributed by atoms with Crippen LogP contribution in [0, 0.1) is 11.3 Å². The Morgan fingerprint density at radius 2 is 2.33 bits per heavy atom. The summed E-state index contributed by atoms with van der Waals surface area (Å²) in [7, 11) is 0. The quantitative estimate of drug-likeness (QED) is 0.906. The molecule has 1 N–H and O–H groups in total. The van der Waals surface area contributed by atoms with Gasteiger partial charge in [0, 0.05) is 12.2 Å². The second-order valence-corrected chi connectivity index (χ2v) is 4.85. The summed E-state index contributed by atoms with van der Waals surface area (Å²) in [5.74, 6) is 0. The minimum atomic E-state index is -0.255. The number of H-pyrrole nitrogens is 1. The lowest BCUT2D eigenvalue weighted by Crippen LogP contribution is -2.19. The molecular weight excluding hydrogens is 250 g/mol. The Balaban J connectivity index is 2.41. The number of nitriles is 1. The Kier molecular flexibility index (Phi) is 3.48. The molecule has 0 fully saturated rings. The van der Waals surface area contributed by atoms with Gasteiger partial charge in [0.1, 0.15) is 6.07 Å². The minimum absolute atomic E-state index is 0.000886. The molecule has 7 heteroatoms. The van der Waals surface area contributed by atoms with Crippen molar-refractivity contribution in [1.82, 2.24) is 19.7 Å².